The van der Waals surface area contributed by atoms with E-state index in [1.54, 1.807) is 5.20 Å². The van der Waals surface area contributed by atoms with Gasteiger partial charge < -0.3 is 4.98 Å². The molecular weight excluding hydrogens is 318 g/mol. The van der Waals surface area contributed by atoms with Crippen LogP contribution in [0.2, 0.25) is 13.1 Å². The van der Waals surface area contributed by atoms with Gasteiger partial charge in [0.1, 0.15) is 8.24 Å². The lowest BCUT2D eigenvalue weighted by molar-refractivity contribution is 0.514. The number of benzene rings is 3. The molecule has 2 heteroatoms. The summed E-state index contributed by atoms with van der Waals surface area (Å²) in [7, 11) is -1.63. The lowest BCUT2D eigenvalue weighted by atomic mass is 9.96. The Labute approximate surface area is 151 Å². The van der Waals surface area contributed by atoms with Gasteiger partial charge in [-0.3, -0.25) is 0 Å². The van der Waals surface area contributed by atoms with Gasteiger partial charge in [0.05, 0.1) is 0 Å². The molecule has 3 aromatic rings. The second kappa shape index (κ2) is 5.55. The summed E-state index contributed by atoms with van der Waals surface area (Å²) in [6.45, 7) is 11.7. The topological polar surface area (TPSA) is 12.0 Å². The Balaban J connectivity index is 1.85. The van der Waals surface area contributed by atoms with Crippen LogP contribution in [-0.2, 0) is 6.42 Å². The van der Waals surface area contributed by atoms with E-state index in [-0.39, 0.29) is 5.54 Å². The highest BCUT2D eigenvalue weighted by Crippen LogP contribution is 2.37. The van der Waals surface area contributed by atoms with E-state index in [0.717, 1.165) is 6.42 Å². The first-order valence-corrected chi connectivity index (χ1v) is 12.2. The lowest BCUT2D eigenvalue weighted by Gasteiger charge is -2.34. The van der Waals surface area contributed by atoms with Gasteiger partial charge in [-0.25, -0.2) is 0 Å². The fraction of sp³-hybridized carbons (Fsp3) is 0.304. The van der Waals surface area contributed by atoms with Crippen molar-refractivity contribution in [2.75, 3.05) is 0 Å². The predicted molar refractivity (Wildman–Crippen MR) is 114 cm³/mol. The number of fused-ring (bicyclic) bond motifs is 5. The molecule has 3 aromatic carbocycles. The highest BCUT2D eigenvalue weighted by Gasteiger charge is 2.33. The Kier molecular flexibility index (Phi) is 3.68. The van der Waals surface area contributed by atoms with Crippen molar-refractivity contribution in [1.29, 1.82) is 0 Å². The molecule has 0 amide bonds. The van der Waals surface area contributed by atoms with E-state index >= 15 is 0 Å². The summed E-state index contributed by atoms with van der Waals surface area (Å²) in [6.07, 6.45) is 3.58. The summed E-state index contributed by atoms with van der Waals surface area (Å²) < 4.78 is 0. The molecule has 1 N–H and O–H groups in total. The van der Waals surface area contributed by atoms with Gasteiger partial charge in [-0.15, -0.1) is 0 Å². The van der Waals surface area contributed by atoms with Crippen molar-refractivity contribution < 1.29 is 0 Å². The minimum absolute atomic E-state index is 0.156. The Morgan fingerprint density at radius 3 is 2.32 bits per heavy atom. The molecule has 4 rings (SSSR count). The van der Waals surface area contributed by atoms with Crippen LogP contribution >= 0.6 is 0 Å². The highest BCUT2D eigenvalue weighted by atomic mass is 28.3. The van der Waals surface area contributed by atoms with Gasteiger partial charge in [0.15, 0.2) is 0 Å². The van der Waals surface area contributed by atoms with Crippen LogP contribution in [0.15, 0.2) is 53.7 Å². The van der Waals surface area contributed by atoms with E-state index in [4.69, 9.17) is 0 Å². The van der Waals surface area contributed by atoms with Gasteiger partial charge in [0.2, 0.25) is 0 Å². The molecule has 0 saturated heterocycles. The maximum Gasteiger partial charge on any atom is 0.148 e. The first-order chi connectivity index (χ1) is 11.7. The second-order valence-electron chi connectivity index (χ2n) is 8.87. The zero-order chi connectivity index (χ0) is 17.8. The first-order valence-electron chi connectivity index (χ1n) is 9.18. The van der Waals surface area contributed by atoms with E-state index in [1.807, 2.05) is 0 Å². The Morgan fingerprint density at radius 1 is 0.840 bits per heavy atom. The van der Waals surface area contributed by atoms with Crippen LogP contribution in [0, 0.1) is 0 Å². The van der Waals surface area contributed by atoms with Gasteiger partial charge in [-0.2, -0.15) is 0 Å². The normalized spacial score (nSPS) is 14.8. The van der Waals surface area contributed by atoms with Crippen molar-refractivity contribution in [2.45, 2.75) is 45.8 Å². The van der Waals surface area contributed by atoms with Crippen LogP contribution in [0.4, 0.5) is 0 Å². The summed E-state index contributed by atoms with van der Waals surface area (Å²) in [5.74, 6) is 0. The molecule has 1 aliphatic carbocycles. The van der Waals surface area contributed by atoms with Gasteiger partial charge >= 0.3 is 0 Å². The van der Waals surface area contributed by atoms with Crippen LogP contribution in [0.3, 0.4) is 0 Å². The molecule has 128 valence electrons. The monoisotopic (exact) mass is 345 g/mol. The zero-order valence-electron chi connectivity index (χ0n) is 15.9. The number of hydrogen-bond acceptors (Lipinski definition) is 1. The number of nitrogens with one attached hydrogen (secondary N) is 1. The Hall–Kier alpha value is -1.90. The molecule has 0 radical (unpaired) electrons. The third kappa shape index (κ3) is 2.94. The van der Waals surface area contributed by atoms with Crippen LogP contribution in [0.5, 0.6) is 0 Å². The molecule has 0 spiro atoms. The van der Waals surface area contributed by atoms with Crippen molar-refractivity contribution in [3.63, 3.8) is 0 Å². The van der Waals surface area contributed by atoms with Crippen molar-refractivity contribution in [3.8, 4) is 0 Å². The summed E-state index contributed by atoms with van der Waals surface area (Å²) in [4.78, 5) is 3.92. The standard InChI is InChI=1S/C23H27NSi/c1-23(2,3)24-25(4,5)18-14-17-11-13-20-19-9-7-6-8-16(19)10-12-21(20)22(17)15-18/h6-13,15,24H,14H2,1-5H3. The minimum Gasteiger partial charge on any atom is -0.329 e. The number of hydrogen-bond donors (Lipinski definition) is 1. The zero-order valence-corrected chi connectivity index (χ0v) is 16.9. The Bertz CT molecular complexity index is 1010. The molecule has 1 nitrogen and oxygen atoms in total. The molecule has 0 heterocycles. The maximum atomic E-state index is 3.92. The summed E-state index contributed by atoms with van der Waals surface area (Å²) >= 11 is 0. The smallest absolute Gasteiger partial charge is 0.148 e. The van der Waals surface area contributed by atoms with E-state index in [2.05, 4.69) is 93.5 Å². The second-order valence-corrected chi connectivity index (χ2v) is 13.0. The lowest BCUT2D eigenvalue weighted by Crippen LogP contribution is -2.55. The van der Waals surface area contributed by atoms with E-state index in [0.29, 0.717) is 0 Å². The fourth-order valence-corrected chi connectivity index (χ4v) is 7.50. The van der Waals surface area contributed by atoms with E-state index in [1.165, 1.54) is 32.7 Å². The third-order valence-electron chi connectivity index (χ3n) is 5.25. The third-order valence-corrected chi connectivity index (χ3v) is 8.55. The van der Waals surface area contributed by atoms with Gasteiger partial charge in [-0.1, -0.05) is 72.9 Å². The van der Waals surface area contributed by atoms with Crippen LogP contribution in [-0.4, -0.2) is 13.8 Å². The maximum absolute atomic E-state index is 3.92. The van der Waals surface area contributed by atoms with Crippen LogP contribution < -0.4 is 4.98 Å². The molecule has 0 unspecified atom stereocenters. The van der Waals surface area contributed by atoms with E-state index < -0.39 is 8.24 Å². The minimum atomic E-state index is -1.63. The fourth-order valence-electron chi connectivity index (χ4n) is 4.33. The molecular formula is C23H27NSi. The number of allylic oxidation sites excluding steroid dienone is 1. The summed E-state index contributed by atoms with van der Waals surface area (Å²) in [5.41, 5.74) is 3.08. The molecule has 0 atom stereocenters. The van der Waals surface area contributed by atoms with Crippen molar-refractivity contribution >= 4 is 35.9 Å². The quantitative estimate of drug-likeness (QED) is 0.439. The molecule has 0 bridgehead atoms. The summed E-state index contributed by atoms with van der Waals surface area (Å²) in [5, 5.41) is 7.05. The average molecular weight is 346 g/mol. The molecule has 1 aliphatic rings. The van der Waals surface area contributed by atoms with Crippen molar-refractivity contribution in [2.24, 2.45) is 0 Å². The number of rotatable bonds is 2. The Morgan fingerprint density at radius 2 is 1.56 bits per heavy atom. The van der Waals surface area contributed by atoms with Gasteiger partial charge in [0, 0.05) is 5.54 Å². The van der Waals surface area contributed by atoms with Crippen molar-refractivity contribution in [3.05, 3.63) is 64.9 Å². The molecule has 25 heavy (non-hydrogen) atoms. The highest BCUT2D eigenvalue weighted by molar-refractivity contribution is 6.83. The largest absolute Gasteiger partial charge is 0.329 e. The molecule has 0 aromatic heterocycles. The molecule has 0 fully saturated rings. The molecule has 0 saturated carbocycles. The van der Waals surface area contributed by atoms with Gasteiger partial charge in [-0.05, 0) is 59.9 Å². The predicted octanol–water partition coefficient (Wildman–Crippen LogP) is 6.06. The van der Waals surface area contributed by atoms with Gasteiger partial charge in [0.25, 0.3) is 0 Å². The molecule has 0 aliphatic heterocycles. The van der Waals surface area contributed by atoms with Crippen LogP contribution in [0.25, 0.3) is 27.6 Å². The van der Waals surface area contributed by atoms with Crippen molar-refractivity contribution in [1.82, 2.24) is 4.98 Å². The van der Waals surface area contributed by atoms with Crippen LogP contribution in [0.1, 0.15) is 31.9 Å². The van der Waals surface area contributed by atoms with E-state index in [9.17, 15) is 0 Å². The SMILES string of the molecule is CC(C)(C)N[Si](C)(C)C1=Cc2c(ccc3c2ccc2ccccc23)C1. The summed E-state index contributed by atoms with van der Waals surface area (Å²) in [6, 6.07) is 17.9. The first kappa shape index (κ1) is 16.6. The average Bonchev–Trinajstić information content (AvgIpc) is 2.97.